The lowest BCUT2D eigenvalue weighted by atomic mass is 10.1. The first-order chi connectivity index (χ1) is 15.7. The second-order valence-corrected chi connectivity index (χ2v) is 8.19. The third kappa shape index (κ3) is 4.33. The van der Waals surface area contributed by atoms with E-state index in [0.29, 0.717) is 16.1 Å². The molecule has 0 aliphatic carbocycles. The zero-order valence-electron chi connectivity index (χ0n) is 16.8. The molecular weight excluding hydrogens is 479 g/mol. The van der Waals surface area contributed by atoms with Gasteiger partial charge in [-0.25, -0.2) is 0 Å². The number of nitrogens with zero attached hydrogens (tertiary/aromatic N) is 4. The second kappa shape index (κ2) is 8.91. The van der Waals surface area contributed by atoms with Crippen molar-refractivity contribution in [3.05, 3.63) is 76.1 Å². The standard InChI is InChI=1S/C21H15ClF3N5O2S/c1-2-10-29-18(32)12-6-3-4-9-15(12)30-19(29)27-28-20(30)33-11-16(31)26-17-13(21(23,24)25)7-5-8-14(17)22/h2-9H,1,10-11H2,(H,26,31). The first-order valence-electron chi connectivity index (χ1n) is 9.48. The van der Waals surface area contributed by atoms with Crippen LogP contribution in [0.1, 0.15) is 5.56 Å². The summed E-state index contributed by atoms with van der Waals surface area (Å²) in [5.41, 5.74) is -1.27. The molecule has 0 aliphatic heterocycles. The van der Waals surface area contributed by atoms with Crippen molar-refractivity contribution < 1.29 is 18.0 Å². The van der Waals surface area contributed by atoms with Gasteiger partial charge in [-0.1, -0.05) is 47.6 Å². The number of anilines is 1. The van der Waals surface area contributed by atoms with Gasteiger partial charge in [0.1, 0.15) is 0 Å². The highest BCUT2D eigenvalue weighted by atomic mass is 35.5. The quantitative estimate of drug-likeness (QED) is 0.313. The van der Waals surface area contributed by atoms with Crippen molar-refractivity contribution in [3.63, 3.8) is 0 Å². The molecule has 2 aromatic carbocycles. The van der Waals surface area contributed by atoms with Gasteiger partial charge in [0.25, 0.3) is 5.56 Å². The molecule has 1 N–H and O–H groups in total. The van der Waals surface area contributed by atoms with Crippen LogP contribution in [0.5, 0.6) is 0 Å². The fourth-order valence-corrected chi connectivity index (χ4v) is 4.28. The summed E-state index contributed by atoms with van der Waals surface area (Å²) in [5.74, 6) is -0.718. The number of rotatable bonds is 6. The summed E-state index contributed by atoms with van der Waals surface area (Å²) in [4.78, 5) is 25.3. The number of alkyl halides is 3. The van der Waals surface area contributed by atoms with Gasteiger partial charge in [0, 0.05) is 6.54 Å². The van der Waals surface area contributed by atoms with Gasteiger partial charge in [0.2, 0.25) is 11.7 Å². The predicted molar refractivity (Wildman–Crippen MR) is 121 cm³/mol. The number of allylic oxidation sites excluding steroid dienone is 1. The highest BCUT2D eigenvalue weighted by Gasteiger charge is 2.34. The monoisotopic (exact) mass is 493 g/mol. The number of nitrogens with one attached hydrogen (secondary N) is 1. The lowest BCUT2D eigenvalue weighted by Crippen LogP contribution is -2.23. The number of carbonyl (C=O) groups is 1. The largest absolute Gasteiger partial charge is 0.418 e. The Morgan fingerprint density at radius 3 is 2.67 bits per heavy atom. The number of halogens is 4. The van der Waals surface area contributed by atoms with Crippen molar-refractivity contribution >= 4 is 51.6 Å². The number of fused-ring (bicyclic) bond motifs is 3. The molecule has 1 amide bonds. The minimum atomic E-state index is -4.68. The van der Waals surface area contributed by atoms with Gasteiger partial charge in [-0.15, -0.1) is 16.8 Å². The molecule has 4 aromatic rings. The van der Waals surface area contributed by atoms with Crippen LogP contribution in [0, 0.1) is 0 Å². The van der Waals surface area contributed by atoms with Crippen LogP contribution >= 0.6 is 23.4 Å². The Hall–Kier alpha value is -3.31. The normalized spacial score (nSPS) is 11.8. The number of amides is 1. The summed E-state index contributed by atoms with van der Waals surface area (Å²) in [6, 6.07) is 10.1. The van der Waals surface area contributed by atoms with Crippen LogP contribution in [0.4, 0.5) is 18.9 Å². The third-order valence-corrected chi connectivity index (χ3v) is 5.95. The number of para-hydroxylation sites is 2. The highest BCUT2D eigenvalue weighted by Crippen LogP contribution is 2.38. The summed E-state index contributed by atoms with van der Waals surface area (Å²) >= 11 is 6.86. The van der Waals surface area contributed by atoms with E-state index in [4.69, 9.17) is 11.6 Å². The molecule has 0 unspecified atom stereocenters. The van der Waals surface area contributed by atoms with Crippen molar-refractivity contribution in [3.8, 4) is 0 Å². The van der Waals surface area contributed by atoms with Gasteiger partial charge >= 0.3 is 6.18 Å². The Bertz CT molecular complexity index is 1450. The molecule has 2 heterocycles. The van der Waals surface area contributed by atoms with E-state index in [1.54, 1.807) is 34.7 Å². The molecule has 0 spiro atoms. The van der Waals surface area contributed by atoms with E-state index in [2.05, 4.69) is 22.1 Å². The zero-order valence-corrected chi connectivity index (χ0v) is 18.3. The van der Waals surface area contributed by atoms with E-state index in [1.165, 1.54) is 10.6 Å². The summed E-state index contributed by atoms with van der Waals surface area (Å²) < 4.78 is 42.8. The van der Waals surface area contributed by atoms with E-state index in [-0.39, 0.29) is 28.7 Å². The summed E-state index contributed by atoms with van der Waals surface area (Å²) in [5, 5.41) is 10.9. The molecule has 0 saturated carbocycles. The Morgan fingerprint density at radius 2 is 1.94 bits per heavy atom. The Morgan fingerprint density at radius 1 is 1.18 bits per heavy atom. The molecule has 0 saturated heterocycles. The lowest BCUT2D eigenvalue weighted by molar-refractivity contribution is -0.137. The maximum absolute atomic E-state index is 13.3. The Labute approximate surface area is 193 Å². The number of hydrogen-bond acceptors (Lipinski definition) is 5. The first-order valence-corrected chi connectivity index (χ1v) is 10.8. The molecule has 0 aliphatic rings. The van der Waals surface area contributed by atoms with Gasteiger partial charge in [-0.2, -0.15) is 13.2 Å². The Balaban J connectivity index is 1.66. The van der Waals surface area contributed by atoms with E-state index in [1.807, 2.05) is 0 Å². The van der Waals surface area contributed by atoms with Crippen LogP contribution in [0.25, 0.3) is 16.7 Å². The van der Waals surface area contributed by atoms with Crippen LogP contribution in [-0.4, -0.2) is 30.8 Å². The van der Waals surface area contributed by atoms with Gasteiger partial charge in [0.15, 0.2) is 5.16 Å². The summed E-state index contributed by atoms with van der Waals surface area (Å²) in [6.07, 6.45) is -3.13. The summed E-state index contributed by atoms with van der Waals surface area (Å²) in [6.45, 7) is 3.85. The minimum Gasteiger partial charge on any atom is -0.324 e. The number of thioether (sulfide) groups is 1. The van der Waals surface area contributed by atoms with Crippen molar-refractivity contribution in [2.24, 2.45) is 0 Å². The zero-order chi connectivity index (χ0) is 23.8. The van der Waals surface area contributed by atoms with Crippen LogP contribution < -0.4 is 10.9 Å². The van der Waals surface area contributed by atoms with Crippen molar-refractivity contribution in [1.29, 1.82) is 0 Å². The van der Waals surface area contributed by atoms with Crippen LogP contribution in [0.2, 0.25) is 5.02 Å². The molecule has 4 rings (SSSR count). The second-order valence-electron chi connectivity index (χ2n) is 6.84. The predicted octanol–water partition coefficient (Wildman–Crippen LogP) is 4.63. The molecule has 0 fully saturated rings. The van der Waals surface area contributed by atoms with E-state index < -0.39 is 23.3 Å². The third-order valence-electron chi connectivity index (χ3n) is 4.71. The fraction of sp³-hybridized carbons (Fsp3) is 0.143. The maximum Gasteiger partial charge on any atom is 0.418 e. The molecule has 12 heteroatoms. The van der Waals surface area contributed by atoms with Gasteiger partial charge in [-0.05, 0) is 24.3 Å². The average molecular weight is 494 g/mol. The van der Waals surface area contributed by atoms with E-state index >= 15 is 0 Å². The van der Waals surface area contributed by atoms with E-state index in [0.717, 1.165) is 23.9 Å². The molecule has 33 heavy (non-hydrogen) atoms. The number of aromatic nitrogens is 4. The number of benzene rings is 2. The van der Waals surface area contributed by atoms with E-state index in [9.17, 15) is 22.8 Å². The van der Waals surface area contributed by atoms with Crippen molar-refractivity contribution in [2.45, 2.75) is 17.9 Å². The fourth-order valence-electron chi connectivity index (χ4n) is 3.31. The lowest BCUT2D eigenvalue weighted by Gasteiger charge is -2.15. The molecule has 7 nitrogen and oxygen atoms in total. The number of hydrogen-bond donors (Lipinski definition) is 1. The molecule has 0 bridgehead atoms. The molecule has 0 atom stereocenters. The molecule has 170 valence electrons. The number of carbonyl (C=O) groups excluding carboxylic acids is 1. The molecule has 2 aromatic heterocycles. The van der Waals surface area contributed by atoms with Crippen molar-refractivity contribution in [1.82, 2.24) is 19.2 Å². The van der Waals surface area contributed by atoms with Crippen LogP contribution in [0.3, 0.4) is 0 Å². The van der Waals surface area contributed by atoms with Gasteiger partial charge < -0.3 is 5.32 Å². The van der Waals surface area contributed by atoms with Crippen LogP contribution in [0.15, 0.2) is 65.1 Å². The minimum absolute atomic E-state index is 0.198. The SMILES string of the molecule is C=CCn1c(=O)c2ccccc2n2c(SCC(=O)Nc3c(Cl)cccc3C(F)(F)F)nnc12. The first kappa shape index (κ1) is 22.9. The molecular formula is C21H15ClF3N5O2S. The smallest absolute Gasteiger partial charge is 0.324 e. The molecule has 0 radical (unpaired) electrons. The highest BCUT2D eigenvalue weighted by molar-refractivity contribution is 7.99. The average Bonchev–Trinajstić information content (AvgIpc) is 3.20. The topological polar surface area (TPSA) is 81.3 Å². The Kier molecular flexibility index (Phi) is 6.17. The van der Waals surface area contributed by atoms with Crippen molar-refractivity contribution in [2.75, 3.05) is 11.1 Å². The summed E-state index contributed by atoms with van der Waals surface area (Å²) in [7, 11) is 0. The van der Waals surface area contributed by atoms with Gasteiger partial charge in [-0.3, -0.25) is 18.6 Å². The van der Waals surface area contributed by atoms with Crippen LogP contribution in [-0.2, 0) is 17.5 Å². The maximum atomic E-state index is 13.3. The van der Waals surface area contributed by atoms with Gasteiger partial charge in [0.05, 0.1) is 32.9 Å².